The van der Waals surface area contributed by atoms with Crippen LogP contribution in [-0.2, 0) is 30.4 Å². The SMILES string of the molecule is CCCOCc1cnn(C)c1-c1cc2c(cn1)C(=O)NC2(CC)Cc1ccccc1. The maximum absolute atomic E-state index is 12.7. The number of carbonyl (C=O) groups excluding carboxylic acids is 1. The first kappa shape index (κ1) is 20.3. The highest BCUT2D eigenvalue weighted by Gasteiger charge is 2.42. The summed E-state index contributed by atoms with van der Waals surface area (Å²) in [7, 11) is 1.91. The Bertz CT molecular complexity index is 1040. The van der Waals surface area contributed by atoms with Crippen molar-refractivity contribution in [3.8, 4) is 11.4 Å². The average Bonchev–Trinajstić information content (AvgIpc) is 3.26. The van der Waals surface area contributed by atoms with E-state index in [0.717, 1.165) is 41.8 Å². The van der Waals surface area contributed by atoms with Gasteiger partial charge in [0.15, 0.2) is 0 Å². The van der Waals surface area contributed by atoms with Crippen LogP contribution in [0.5, 0.6) is 0 Å². The first-order valence-electron chi connectivity index (χ1n) is 10.5. The van der Waals surface area contributed by atoms with Gasteiger partial charge >= 0.3 is 0 Å². The zero-order valence-electron chi connectivity index (χ0n) is 17.8. The third-order valence-corrected chi connectivity index (χ3v) is 5.83. The highest BCUT2D eigenvalue weighted by molar-refractivity contribution is 6.00. The first-order valence-corrected chi connectivity index (χ1v) is 10.5. The Morgan fingerprint density at radius 2 is 1.97 bits per heavy atom. The molecule has 1 aromatic carbocycles. The van der Waals surface area contributed by atoms with Gasteiger partial charge in [0.2, 0.25) is 0 Å². The Morgan fingerprint density at radius 3 is 2.70 bits per heavy atom. The number of hydrogen-bond acceptors (Lipinski definition) is 4. The molecule has 1 N–H and O–H groups in total. The molecule has 1 aliphatic heterocycles. The molecule has 1 amide bonds. The summed E-state index contributed by atoms with van der Waals surface area (Å²) in [5.41, 5.74) is 5.15. The minimum absolute atomic E-state index is 0.0571. The van der Waals surface area contributed by atoms with Gasteiger partial charge in [-0.05, 0) is 36.5 Å². The quantitative estimate of drug-likeness (QED) is 0.576. The van der Waals surface area contributed by atoms with Crippen molar-refractivity contribution in [1.82, 2.24) is 20.1 Å². The van der Waals surface area contributed by atoms with Crippen LogP contribution in [0.3, 0.4) is 0 Å². The number of pyridine rings is 1. The van der Waals surface area contributed by atoms with Crippen LogP contribution in [0.4, 0.5) is 0 Å². The molecule has 1 unspecified atom stereocenters. The number of ether oxygens (including phenoxy) is 1. The molecular weight excluding hydrogens is 376 g/mol. The maximum Gasteiger partial charge on any atom is 0.253 e. The minimum Gasteiger partial charge on any atom is -0.377 e. The van der Waals surface area contributed by atoms with Gasteiger partial charge in [-0.15, -0.1) is 0 Å². The summed E-state index contributed by atoms with van der Waals surface area (Å²) in [6.45, 7) is 5.41. The highest BCUT2D eigenvalue weighted by Crippen LogP contribution is 2.38. The van der Waals surface area contributed by atoms with E-state index in [1.54, 1.807) is 6.20 Å². The minimum atomic E-state index is -0.442. The van der Waals surface area contributed by atoms with E-state index in [-0.39, 0.29) is 5.91 Å². The Labute approximate surface area is 177 Å². The molecule has 0 aliphatic carbocycles. The summed E-state index contributed by atoms with van der Waals surface area (Å²) in [5.74, 6) is -0.0571. The van der Waals surface area contributed by atoms with Crippen molar-refractivity contribution in [1.29, 1.82) is 0 Å². The maximum atomic E-state index is 12.7. The number of benzene rings is 1. The largest absolute Gasteiger partial charge is 0.377 e. The second-order valence-electron chi connectivity index (χ2n) is 7.86. The zero-order chi connectivity index (χ0) is 21.1. The van der Waals surface area contributed by atoms with Crippen LogP contribution >= 0.6 is 0 Å². The van der Waals surface area contributed by atoms with E-state index in [0.29, 0.717) is 18.8 Å². The fraction of sp³-hybridized carbons (Fsp3) is 0.375. The number of nitrogens with zero attached hydrogens (tertiary/aromatic N) is 3. The van der Waals surface area contributed by atoms with Crippen LogP contribution in [0.15, 0.2) is 48.8 Å². The normalized spacial score (nSPS) is 17.8. The van der Waals surface area contributed by atoms with Crippen LogP contribution in [0.25, 0.3) is 11.4 Å². The van der Waals surface area contributed by atoms with Gasteiger partial charge in [-0.3, -0.25) is 14.5 Å². The van der Waals surface area contributed by atoms with Gasteiger partial charge in [0, 0.05) is 25.4 Å². The van der Waals surface area contributed by atoms with Crippen molar-refractivity contribution < 1.29 is 9.53 Å². The van der Waals surface area contributed by atoms with Gasteiger partial charge in [0.25, 0.3) is 5.91 Å². The predicted molar refractivity (Wildman–Crippen MR) is 116 cm³/mol. The number of nitrogens with one attached hydrogen (secondary N) is 1. The fourth-order valence-electron chi connectivity index (χ4n) is 4.25. The van der Waals surface area contributed by atoms with Gasteiger partial charge in [0.1, 0.15) is 0 Å². The molecule has 2 aromatic heterocycles. The Kier molecular flexibility index (Phi) is 5.68. The van der Waals surface area contributed by atoms with Crippen LogP contribution in [0, 0.1) is 0 Å². The molecule has 0 radical (unpaired) electrons. The number of rotatable bonds is 8. The summed E-state index contributed by atoms with van der Waals surface area (Å²) in [5, 5.41) is 7.67. The summed E-state index contributed by atoms with van der Waals surface area (Å²) in [6, 6.07) is 12.3. The van der Waals surface area contributed by atoms with E-state index in [1.165, 1.54) is 5.56 Å². The van der Waals surface area contributed by atoms with Crippen molar-refractivity contribution >= 4 is 5.91 Å². The lowest BCUT2D eigenvalue weighted by Crippen LogP contribution is -2.40. The second kappa shape index (κ2) is 8.40. The van der Waals surface area contributed by atoms with E-state index >= 15 is 0 Å². The third kappa shape index (κ3) is 3.63. The predicted octanol–water partition coefficient (Wildman–Crippen LogP) is 4.00. The van der Waals surface area contributed by atoms with Crippen LogP contribution < -0.4 is 5.32 Å². The lowest BCUT2D eigenvalue weighted by Gasteiger charge is -2.29. The van der Waals surface area contributed by atoms with E-state index in [2.05, 4.69) is 47.4 Å². The van der Waals surface area contributed by atoms with Crippen molar-refractivity contribution in [2.75, 3.05) is 6.61 Å². The highest BCUT2D eigenvalue weighted by atomic mass is 16.5. The smallest absolute Gasteiger partial charge is 0.253 e. The van der Waals surface area contributed by atoms with Crippen LogP contribution in [-0.4, -0.2) is 27.3 Å². The molecule has 1 aliphatic rings. The molecule has 3 aromatic rings. The van der Waals surface area contributed by atoms with Gasteiger partial charge in [0.05, 0.1) is 35.3 Å². The summed E-state index contributed by atoms with van der Waals surface area (Å²) < 4.78 is 7.58. The lowest BCUT2D eigenvalue weighted by atomic mass is 9.82. The number of fused-ring (bicyclic) bond motifs is 1. The zero-order valence-corrected chi connectivity index (χ0v) is 17.8. The summed E-state index contributed by atoms with van der Waals surface area (Å²) in [4.78, 5) is 17.4. The van der Waals surface area contributed by atoms with Gasteiger partial charge in [-0.25, -0.2) is 0 Å². The molecule has 30 heavy (non-hydrogen) atoms. The standard InChI is InChI=1S/C24H28N4O2/c1-4-11-30-16-18-14-26-28(3)22(18)21-12-20-19(15-25-21)23(29)27-24(20,5-2)13-17-9-7-6-8-10-17/h6-10,12,14-15H,4-5,11,13,16H2,1-3H3,(H,27,29). The molecule has 4 rings (SSSR count). The molecular formula is C24H28N4O2. The number of carbonyl (C=O) groups is 1. The Hall–Kier alpha value is -2.99. The van der Waals surface area contributed by atoms with Crippen LogP contribution in [0.2, 0.25) is 0 Å². The number of aromatic nitrogens is 3. The first-order chi connectivity index (χ1) is 14.6. The van der Waals surface area contributed by atoms with Crippen molar-refractivity contribution in [3.05, 3.63) is 71.0 Å². The molecule has 0 saturated carbocycles. The van der Waals surface area contributed by atoms with E-state index < -0.39 is 5.54 Å². The van der Waals surface area contributed by atoms with E-state index in [1.807, 2.05) is 36.1 Å². The number of amides is 1. The number of hydrogen-bond donors (Lipinski definition) is 1. The van der Waals surface area contributed by atoms with Gasteiger partial charge < -0.3 is 10.1 Å². The molecule has 156 valence electrons. The van der Waals surface area contributed by atoms with Crippen molar-refractivity contribution in [2.45, 2.75) is 45.3 Å². The molecule has 6 nitrogen and oxygen atoms in total. The molecule has 1 atom stereocenters. The molecule has 0 spiro atoms. The van der Waals surface area contributed by atoms with E-state index in [9.17, 15) is 4.79 Å². The third-order valence-electron chi connectivity index (χ3n) is 5.83. The van der Waals surface area contributed by atoms with Crippen molar-refractivity contribution in [3.63, 3.8) is 0 Å². The van der Waals surface area contributed by atoms with Crippen LogP contribution in [0.1, 0.15) is 53.7 Å². The van der Waals surface area contributed by atoms with Gasteiger partial charge in [-0.2, -0.15) is 5.10 Å². The van der Waals surface area contributed by atoms with E-state index in [4.69, 9.17) is 4.74 Å². The Balaban J connectivity index is 1.75. The summed E-state index contributed by atoms with van der Waals surface area (Å²) in [6.07, 6.45) is 6.04. The number of aryl methyl sites for hydroxylation is 1. The van der Waals surface area contributed by atoms with Gasteiger partial charge in [-0.1, -0.05) is 44.2 Å². The average molecular weight is 405 g/mol. The fourth-order valence-corrected chi connectivity index (χ4v) is 4.25. The molecule has 6 heteroatoms. The molecule has 0 saturated heterocycles. The monoisotopic (exact) mass is 404 g/mol. The van der Waals surface area contributed by atoms with Crippen molar-refractivity contribution in [2.24, 2.45) is 7.05 Å². The molecule has 0 bridgehead atoms. The summed E-state index contributed by atoms with van der Waals surface area (Å²) >= 11 is 0. The molecule has 3 heterocycles. The Morgan fingerprint density at radius 1 is 1.17 bits per heavy atom. The topological polar surface area (TPSA) is 69.0 Å². The second-order valence-corrected chi connectivity index (χ2v) is 7.86. The lowest BCUT2D eigenvalue weighted by molar-refractivity contribution is 0.0927. The molecule has 0 fully saturated rings.